The Morgan fingerprint density at radius 1 is 1.36 bits per heavy atom. The van der Waals surface area contributed by atoms with Crippen LogP contribution in [0.2, 0.25) is 0 Å². The molecule has 0 atom stereocenters. The summed E-state index contributed by atoms with van der Waals surface area (Å²) in [5.41, 5.74) is 1.46. The number of amides is 2. The number of carbonyl (C=O) groups is 2. The van der Waals surface area contributed by atoms with Crippen LogP contribution in [-0.2, 0) is 11.8 Å². The molecular formula is C15H15N5O2. The summed E-state index contributed by atoms with van der Waals surface area (Å²) in [5, 5.41) is 18.0. The van der Waals surface area contributed by atoms with Gasteiger partial charge < -0.3 is 10.6 Å². The molecule has 2 rings (SSSR count). The minimum Gasteiger partial charge on any atom is -0.350 e. The topological polar surface area (TPSA) is 99.8 Å². The first-order valence-electron chi connectivity index (χ1n) is 6.66. The van der Waals surface area contributed by atoms with Gasteiger partial charge in [-0.1, -0.05) is 6.07 Å². The van der Waals surface area contributed by atoms with Crippen molar-refractivity contribution in [2.75, 3.05) is 11.9 Å². The number of aromatic nitrogens is 2. The van der Waals surface area contributed by atoms with E-state index in [4.69, 9.17) is 5.26 Å². The van der Waals surface area contributed by atoms with Crippen molar-refractivity contribution >= 4 is 17.5 Å². The maximum atomic E-state index is 11.8. The zero-order chi connectivity index (χ0) is 15.9. The summed E-state index contributed by atoms with van der Waals surface area (Å²) in [6.45, 7) is 0.216. The Labute approximate surface area is 127 Å². The molecule has 0 unspecified atom stereocenters. The van der Waals surface area contributed by atoms with E-state index < -0.39 is 0 Å². The van der Waals surface area contributed by atoms with Gasteiger partial charge in [-0.2, -0.15) is 10.4 Å². The van der Waals surface area contributed by atoms with E-state index in [0.717, 1.165) is 0 Å². The quantitative estimate of drug-likeness (QED) is 0.861. The van der Waals surface area contributed by atoms with Crippen molar-refractivity contribution in [2.45, 2.75) is 6.42 Å². The van der Waals surface area contributed by atoms with E-state index >= 15 is 0 Å². The van der Waals surface area contributed by atoms with Gasteiger partial charge in [0.2, 0.25) is 5.91 Å². The first-order chi connectivity index (χ1) is 10.6. The zero-order valence-corrected chi connectivity index (χ0v) is 12.0. The molecule has 22 heavy (non-hydrogen) atoms. The summed E-state index contributed by atoms with van der Waals surface area (Å²) in [6, 6.07) is 10.2. The van der Waals surface area contributed by atoms with Crippen molar-refractivity contribution in [3.63, 3.8) is 0 Å². The van der Waals surface area contributed by atoms with Crippen LogP contribution >= 0.6 is 0 Å². The van der Waals surface area contributed by atoms with Crippen molar-refractivity contribution in [3.05, 3.63) is 47.8 Å². The van der Waals surface area contributed by atoms with E-state index in [9.17, 15) is 9.59 Å². The molecule has 0 saturated heterocycles. The number of carbonyl (C=O) groups excluding carboxylic acids is 2. The molecule has 0 fully saturated rings. The molecule has 0 aliphatic rings. The van der Waals surface area contributed by atoms with Gasteiger partial charge in [-0.05, 0) is 24.3 Å². The van der Waals surface area contributed by atoms with Gasteiger partial charge in [-0.25, -0.2) is 0 Å². The van der Waals surface area contributed by atoms with Crippen LogP contribution in [0.15, 0.2) is 36.5 Å². The molecule has 112 valence electrons. The summed E-state index contributed by atoms with van der Waals surface area (Å²) in [4.78, 5) is 23.6. The van der Waals surface area contributed by atoms with E-state index in [1.807, 2.05) is 6.07 Å². The van der Waals surface area contributed by atoms with E-state index in [-0.39, 0.29) is 24.8 Å². The van der Waals surface area contributed by atoms with Crippen molar-refractivity contribution in [1.29, 1.82) is 5.26 Å². The number of rotatable bonds is 5. The van der Waals surface area contributed by atoms with Crippen LogP contribution in [0.5, 0.6) is 0 Å². The van der Waals surface area contributed by atoms with Crippen molar-refractivity contribution in [3.8, 4) is 6.07 Å². The molecule has 0 bridgehead atoms. The van der Waals surface area contributed by atoms with Crippen LogP contribution in [-0.4, -0.2) is 28.1 Å². The van der Waals surface area contributed by atoms with Gasteiger partial charge in [-0.15, -0.1) is 0 Å². The minimum absolute atomic E-state index is 0.139. The van der Waals surface area contributed by atoms with Gasteiger partial charge in [0.1, 0.15) is 5.69 Å². The Balaban J connectivity index is 1.80. The van der Waals surface area contributed by atoms with Crippen molar-refractivity contribution in [2.24, 2.45) is 7.05 Å². The third-order valence-corrected chi connectivity index (χ3v) is 2.97. The number of nitrogens with one attached hydrogen (secondary N) is 2. The van der Waals surface area contributed by atoms with Crippen molar-refractivity contribution in [1.82, 2.24) is 15.1 Å². The lowest BCUT2D eigenvalue weighted by molar-refractivity contribution is -0.116. The second-order valence-electron chi connectivity index (χ2n) is 4.59. The highest BCUT2D eigenvalue weighted by Gasteiger charge is 2.10. The fourth-order valence-electron chi connectivity index (χ4n) is 1.87. The average Bonchev–Trinajstić information content (AvgIpc) is 2.93. The first kappa shape index (κ1) is 15.3. The standard InChI is InChI=1S/C15H15N5O2/c1-20-13(5-8-18-20)15(22)17-7-6-14(21)19-12-4-2-3-11(9-12)10-16/h2-5,8-9H,6-7H2,1H3,(H,17,22)(H,19,21). The van der Waals surface area contributed by atoms with Crippen molar-refractivity contribution < 1.29 is 9.59 Å². The normalized spacial score (nSPS) is 9.82. The van der Waals surface area contributed by atoms with Gasteiger partial charge in [0.05, 0.1) is 11.6 Å². The highest BCUT2D eigenvalue weighted by molar-refractivity contribution is 5.94. The molecule has 1 aromatic heterocycles. The van der Waals surface area contributed by atoms with Gasteiger partial charge in [0.25, 0.3) is 5.91 Å². The van der Waals surface area contributed by atoms with Crippen LogP contribution in [0.4, 0.5) is 5.69 Å². The zero-order valence-electron chi connectivity index (χ0n) is 12.0. The summed E-state index contributed by atoms with van der Waals surface area (Å²) in [5.74, 6) is -0.514. The Bertz CT molecular complexity index is 730. The Hall–Kier alpha value is -3.14. The third-order valence-electron chi connectivity index (χ3n) is 2.97. The number of nitriles is 1. The second-order valence-corrected chi connectivity index (χ2v) is 4.59. The number of hydrogen-bond acceptors (Lipinski definition) is 4. The molecule has 7 heteroatoms. The van der Waals surface area contributed by atoms with Gasteiger partial charge in [0, 0.05) is 31.9 Å². The van der Waals surface area contributed by atoms with Gasteiger partial charge in [-0.3, -0.25) is 14.3 Å². The molecule has 0 aliphatic heterocycles. The lowest BCUT2D eigenvalue weighted by atomic mass is 10.2. The number of anilines is 1. The molecule has 0 aliphatic carbocycles. The molecule has 0 saturated carbocycles. The largest absolute Gasteiger partial charge is 0.350 e. The van der Waals surface area contributed by atoms with Crippen LogP contribution in [0, 0.1) is 11.3 Å². The number of aryl methyl sites for hydroxylation is 1. The predicted octanol–water partition coefficient (Wildman–Crippen LogP) is 1.05. The maximum Gasteiger partial charge on any atom is 0.269 e. The fraction of sp³-hybridized carbons (Fsp3) is 0.200. The number of hydrogen-bond donors (Lipinski definition) is 2. The van der Waals surface area contributed by atoms with E-state index in [1.165, 1.54) is 10.9 Å². The van der Waals surface area contributed by atoms with Crippen LogP contribution in [0.1, 0.15) is 22.5 Å². The highest BCUT2D eigenvalue weighted by atomic mass is 16.2. The molecule has 2 aromatic rings. The van der Waals surface area contributed by atoms with Gasteiger partial charge >= 0.3 is 0 Å². The lowest BCUT2D eigenvalue weighted by Gasteiger charge is -2.07. The van der Waals surface area contributed by atoms with Crippen LogP contribution in [0.25, 0.3) is 0 Å². The van der Waals surface area contributed by atoms with E-state index in [1.54, 1.807) is 37.4 Å². The molecule has 7 nitrogen and oxygen atoms in total. The Kier molecular flexibility index (Phi) is 4.88. The van der Waals surface area contributed by atoms with E-state index in [0.29, 0.717) is 16.9 Å². The molecule has 2 amide bonds. The summed E-state index contributed by atoms with van der Waals surface area (Å²) < 4.78 is 1.46. The first-order valence-corrected chi connectivity index (χ1v) is 6.66. The summed E-state index contributed by atoms with van der Waals surface area (Å²) in [6.07, 6.45) is 1.67. The van der Waals surface area contributed by atoms with Crippen LogP contribution in [0.3, 0.4) is 0 Å². The molecule has 2 N–H and O–H groups in total. The second kappa shape index (κ2) is 7.04. The fourth-order valence-corrected chi connectivity index (χ4v) is 1.87. The molecule has 1 aromatic carbocycles. The Morgan fingerprint density at radius 3 is 2.86 bits per heavy atom. The summed E-state index contributed by atoms with van der Waals surface area (Å²) in [7, 11) is 1.67. The molecule has 0 spiro atoms. The van der Waals surface area contributed by atoms with E-state index in [2.05, 4.69) is 15.7 Å². The molecular weight excluding hydrogens is 282 g/mol. The minimum atomic E-state index is -0.278. The molecule has 0 radical (unpaired) electrons. The smallest absolute Gasteiger partial charge is 0.269 e. The SMILES string of the molecule is Cn1nccc1C(=O)NCCC(=O)Nc1cccc(C#N)c1. The maximum absolute atomic E-state index is 11.8. The monoisotopic (exact) mass is 297 g/mol. The summed E-state index contributed by atoms with van der Waals surface area (Å²) >= 11 is 0. The molecule has 1 heterocycles. The predicted molar refractivity (Wildman–Crippen MR) is 79.9 cm³/mol. The third kappa shape index (κ3) is 3.93. The highest BCUT2D eigenvalue weighted by Crippen LogP contribution is 2.09. The number of nitrogens with zero attached hydrogens (tertiary/aromatic N) is 3. The number of benzene rings is 1. The Morgan fingerprint density at radius 2 is 2.18 bits per heavy atom. The lowest BCUT2D eigenvalue weighted by Crippen LogP contribution is -2.29. The average molecular weight is 297 g/mol. The van der Waals surface area contributed by atoms with Gasteiger partial charge in [0.15, 0.2) is 0 Å². The van der Waals surface area contributed by atoms with Crippen LogP contribution < -0.4 is 10.6 Å².